The minimum atomic E-state index is 0.118. The van der Waals surface area contributed by atoms with Crippen LogP contribution < -0.4 is 0 Å². The van der Waals surface area contributed by atoms with Gasteiger partial charge in [0, 0.05) is 0 Å². The van der Waals surface area contributed by atoms with Gasteiger partial charge in [0.25, 0.3) is 0 Å². The lowest BCUT2D eigenvalue weighted by Crippen LogP contribution is -2.36. The molecule has 1 saturated heterocycles. The van der Waals surface area contributed by atoms with Crippen LogP contribution in [-0.4, -0.2) is 12.1 Å². The van der Waals surface area contributed by atoms with Gasteiger partial charge in [-0.15, -0.1) is 0 Å². The van der Waals surface area contributed by atoms with Crippen LogP contribution in [0.4, 0.5) is 0 Å². The van der Waals surface area contributed by atoms with Crippen LogP contribution in [0.5, 0.6) is 0 Å². The second-order valence-electron chi connectivity index (χ2n) is 6.57. The minimum Gasteiger partial charge on any atom is -0.462 e. The summed E-state index contributed by atoms with van der Waals surface area (Å²) in [7, 11) is 0. The predicted octanol–water partition coefficient (Wildman–Crippen LogP) is 4.71. The molecule has 0 bridgehead atoms. The number of esters is 1. The third kappa shape index (κ3) is 3.97. The van der Waals surface area contributed by atoms with Crippen molar-refractivity contribution < 1.29 is 9.53 Å². The molecule has 0 amide bonds. The van der Waals surface area contributed by atoms with E-state index in [-0.39, 0.29) is 18.0 Å². The van der Waals surface area contributed by atoms with Gasteiger partial charge in [-0.25, -0.2) is 0 Å². The first-order chi connectivity index (χ1) is 9.24. The number of carbonyl (C=O) groups is 1. The molecule has 2 atom stereocenters. The largest absolute Gasteiger partial charge is 0.462 e. The van der Waals surface area contributed by atoms with Crippen molar-refractivity contribution in [1.82, 2.24) is 0 Å². The van der Waals surface area contributed by atoms with Crippen molar-refractivity contribution in [2.75, 3.05) is 0 Å². The zero-order valence-electron chi connectivity index (χ0n) is 12.7. The molecule has 0 aromatic heterocycles. The second-order valence-corrected chi connectivity index (χ2v) is 6.57. The Morgan fingerprint density at radius 3 is 2.37 bits per heavy atom. The lowest BCUT2D eigenvalue weighted by molar-refractivity contribution is -0.164. The average Bonchev–Trinajstić information content (AvgIpc) is 2.45. The van der Waals surface area contributed by atoms with Crippen LogP contribution in [0, 0.1) is 17.8 Å². The molecular weight excluding hydrogens is 236 g/mol. The van der Waals surface area contributed by atoms with E-state index in [4.69, 9.17) is 4.74 Å². The van der Waals surface area contributed by atoms with Crippen LogP contribution in [0.15, 0.2) is 0 Å². The van der Waals surface area contributed by atoms with Gasteiger partial charge < -0.3 is 4.74 Å². The van der Waals surface area contributed by atoms with Crippen LogP contribution in [0.1, 0.15) is 78.1 Å². The lowest BCUT2D eigenvalue weighted by Gasteiger charge is -2.36. The highest BCUT2D eigenvalue weighted by molar-refractivity contribution is 5.73. The molecule has 110 valence electrons. The number of hydrogen-bond donors (Lipinski definition) is 0. The Bertz CT molecular complexity index is 279. The van der Waals surface area contributed by atoms with Gasteiger partial charge in [-0.3, -0.25) is 4.79 Å². The van der Waals surface area contributed by atoms with E-state index in [0.717, 1.165) is 25.2 Å². The van der Waals surface area contributed by atoms with Crippen LogP contribution in [0.25, 0.3) is 0 Å². The Hall–Kier alpha value is -0.530. The maximum atomic E-state index is 12.2. The highest BCUT2D eigenvalue weighted by atomic mass is 16.5. The molecule has 2 aliphatic rings. The first-order valence-corrected chi connectivity index (χ1v) is 8.45. The van der Waals surface area contributed by atoms with E-state index in [1.54, 1.807) is 0 Å². The summed E-state index contributed by atoms with van der Waals surface area (Å²) >= 11 is 0. The zero-order valence-corrected chi connectivity index (χ0v) is 12.7. The fraction of sp³-hybridized carbons (Fsp3) is 0.941. The number of unbranched alkanes of at least 4 members (excludes halogenated alkanes) is 1. The smallest absolute Gasteiger partial charge is 0.309 e. The van der Waals surface area contributed by atoms with Crippen molar-refractivity contribution in [2.45, 2.75) is 84.2 Å². The summed E-state index contributed by atoms with van der Waals surface area (Å²) in [4.78, 5) is 12.2. The van der Waals surface area contributed by atoms with Crippen molar-refractivity contribution >= 4 is 5.97 Å². The Kier molecular flexibility index (Phi) is 5.72. The molecule has 1 saturated carbocycles. The molecule has 0 spiro atoms. The standard InChI is InChI=1S/C17H30O2/c1-3-5-6-15-11-12-16(17(18)19-15)14-9-7-13(4-2)8-10-14/h13-16H,3-12H2,1-2H3. The molecule has 19 heavy (non-hydrogen) atoms. The average molecular weight is 266 g/mol. The molecule has 0 radical (unpaired) electrons. The summed E-state index contributed by atoms with van der Waals surface area (Å²) in [5.41, 5.74) is 0. The molecule has 2 nitrogen and oxygen atoms in total. The van der Waals surface area contributed by atoms with Gasteiger partial charge in [-0.2, -0.15) is 0 Å². The van der Waals surface area contributed by atoms with Crippen LogP contribution in [-0.2, 0) is 9.53 Å². The van der Waals surface area contributed by atoms with Crippen LogP contribution in [0.3, 0.4) is 0 Å². The Morgan fingerprint density at radius 1 is 1.05 bits per heavy atom. The van der Waals surface area contributed by atoms with Crippen molar-refractivity contribution in [1.29, 1.82) is 0 Å². The summed E-state index contributed by atoms with van der Waals surface area (Å²) in [5.74, 6) is 1.86. The number of cyclic esters (lactones) is 1. The molecule has 0 N–H and O–H groups in total. The van der Waals surface area contributed by atoms with Gasteiger partial charge in [0.1, 0.15) is 6.10 Å². The zero-order chi connectivity index (χ0) is 13.7. The quantitative estimate of drug-likeness (QED) is 0.673. The summed E-state index contributed by atoms with van der Waals surface area (Å²) in [6.45, 7) is 4.48. The highest BCUT2D eigenvalue weighted by Gasteiger charge is 2.36. The van der Waals surface area contributed by atoms with E-state index in [0.29, 0.717) is 5.92 Å². The van der Waals surface area contributed by atoms with Crippen molar-refractivity contribution in [3.8, 4) is 0 Å². The maximum absolute atomic E-state index is 12.2. The summed E-state index contributed by atoms with van der Waals surface area (Å²) < 4.78 is 5.67. The lowest BCUT2D eigenvalue weighted by atomic mass is 9.73. The molecule has 0 aromatic rings. The maximum Gasteiger partial charge on any atom is 0.309 e. The Morgan fingerprint density at radius 2 is 1.79 bits per heavy atom. The van der Waals surface area contributed by atoms with Gasteiger partial charge in [0.05, 0.1) is 5.92 Å². The van der Waals surface area contributed by atoms with E-state index in [1.807, 2.05) is 0 Å². The van der Waals surface area contributed by atoms with E-state index < -0.39 is 0 Å². The highest BCUT2D eigenvalue weighted by Crippen LogP contribution is 2.39. The fourth-order valence-corrected chi connectivity index (χ4v) is 3.86. The molecule has 1 aliphatic carbocycles. The van der Waals surface area contributed by atoms with E-state index in [1.165, 1.54) is 44.9 Å². The molecule has 1 heterocycles. The Balaban J connectivity index is 1.78. The van der Waals surface area contributed by atoms with Gasteiger partial charge in [-0.05, 0) is 43.9 Å². The van der Waals surface area contributed by atoms with E-state index >= 15 is 0 Å². The third-order valence-corrected chi connectivity index (χ3v) is 5.30. The molecule has 2 heteroatoms. The normalized spacial score (nSPS) is 36.0. The molecule has 2 fully saturated rings. The predicted molar refractivity (Wildman–Crippen MR) is 77.9 cm³/mol. The molecule has 2 unspecified atom stereocenters. The summed E-state index contributed by atoms with van der Waals surface area (Å²) in [5, 5.41) is 0. The monoisotopic (exact) mass is 266 g/mol. The van der Waals surface area contributed by atoms with Crippen molar-refractivity contribution in [3.05, 3.63) is 0 Å². The Labute approximate surface area is 118 Å². The number of carbonyl (C=O) groups excluding carboxylic acids is 1. The topological polar surface area (TPSA) is 26.3 Å². The van der Waals surface area contributed by atoms with E-state index in [9.17, 15) is 4.79 Å². The van der Waals surface area contributed by atoms with Gasteiger partial charge in [0.2, 0.25) is 0 Å². The number of hydrogen-bond acceptors (Lipinski definition) is 2. The number of rotatable bonds is 5. The third-order valence-electron chi connectivity index (χ3n) is 5.30. The van der Waals surface area contributed by atoms with Gasteiger partial charge in [0.15, 0.2) is 0 Å². The first-order valence-electron chi connectivity index (χ1n) is 8.45. The SMILES string of the molecule is CCCCC1CCC(C2CCC(CC)CC2)C(=O)O1. The number of ether oxygens (including phenoxy) is 1. The van der Waals surface area contributed by atoms with Gasteiger partial charge >= 0.3 is 5.97 Å². The molecule has 1 aliphatic heterocycles. The van der Waals surface area contributed by atoms with Crippen LogP contribution >= 0.6 is 0 Å². The molecular formula is C17H30O2. The molecule has 2 rings (SSSR count). The second kappa shape index (κ2) is 7.31. The minimum absolute atomic E-state index is 0.118. The van der Waals surface area contributed by atoms with Crippen molar-refractivity contribution in [3.63, 3.8) is 0 Å². The first kappa shape index (κ1) is 14.9. The van der Waals surface area contributed by atoms with Crippen molar-refractivity contribution in [2.24, 2.45) is 17.8 Å². The summed E-state index contributed by atoms with van der Waals surface area (Å²) in [6, 6.07) is 0. The molecule has 0 aromatic carbocycles. The van der Waals surface area contributed by atoms with Gasteiger partial charge in [-0.1, -0.05) is 46.0 Å². The van der Waals surface area contributed by atoms with Crippen LogP contribution in [0.2, 0.25) is 0 Å². The fourth-order valence-electron chi connectivity index (χ4n) is 3.86. The van der Waals surface area contributed by atoms with E-state index in [2.05, 4.69) is 13.8 Å². The summed E-state index contributed by atoms with van der Waals surface area (Å²) in [6.07, 6.45) is 12.3.